The zero-order chi connectivity index (χ0) is 39.6. The SMILES string of the molecule is CCC(C)(CC)C(=O)/C=C(\O)C(C)(CC)CC.Cc1csc2nc(-c3[c-]c4ccccc4c(C(C)(C)C)c3)cc(-c3ccc4c(CC(C)C)coc4c3)c12.[Ir]. The quantitative estimate of drug-likeness (QED) is 0.0799. The van der Waals surface area contributed by atoms with Gasteiger partial charge in [0.25, 0.3) is 0 Å². The maximum Gasteiger partial charge on any atom is 0.164 e. The molecule has 55 heavy (non-hydrogen) atoms. The average molecular weight is 935 g/mol. The van der Waals surface area contributed by atoms with E-state index >= 15 is 0 Å². The van der Waals surface area contributed by atoms with E-state index in [1.165, 1.54) is 44.5 Å². The topological polar surface area (TPSA) is 63.3 Å². The van der Waals surface area contributed by atoms with Crippen LogP contribution in [0.25, 0.3) is 54.3 Å². The Hall–Kier alpha value is -3.57. The number of rotatable bonds is 11. The molecule has 6 heteroatoms. The largest absolute Gasteiger partial charge is 0.512 e. The first kappa shape index (κ1) is 44.1. The van der Waals surface area contributed by atoms with E-state index in [0.717, 1.165) is 64.7 Å². The summed E-state index contributed by atoms with van der Waals surface area (Å²) in [7, 11) is 0. The van der Waals surface area contributed by atoms with Crippen molar-refractivity contribution in [1.82, 2.24) is 4.98 Å². The van der Waals surface area contributed by atoms with Gasteiger partial charge in [-0.3, -0.25) is 9.78 Å². The van der Waals surface area contributed by atoms with Gasteiger partial charge in [-0.2, -0.15) is 0 Å². The van der Waals surface area contributed by atoms with E-state index in [1.807, 2.05) is 47.8 Å². The molecule has 1 radical (unpaired) electrons. The van der Waals surface area contributed by atoms with Crippen molar-refractivity contribution < 1.29 is 34.4 Å². The van der Waals surface area contributed by atoms with Crippen LogP contribution in [0, 0.1) is 29.7 Å². The molecule has 0 aliphatic rings. The number of benzene rings is 3. The van der Waals surface area contributed by atoms with Gasteiger partial charge in [-0.25, -0.2) is 0 Å². The summed E-state index contributed by atoms with van der Waals surface area (Å²) in [5.74, 6) is 0.876. The second-order valence-electron chi connectivity index (χ2n) is 17.0. The van der Waals surface area contributed by atoms with Crippen molar-refractivity contribution in [3.63, 3.8) is 0 Å². The van der Waals surface area contributed by atoms with Crippen LogP contribution in [0.2, 0.25) is 0 Å². The van der Waals surface area contributed by atoms with Crippen molar-refractivity contribution in [2.24, 2.45) is 16.7 Å². The zero-order valence-corrected chi connectivity index (χ0v) is 38.2. The van der Waals surface area contributed by atoms with E-state index in [4.69, 9.17) is 9.40 Å². The number of hydrogen-bond donors (Lipinski definition) is 1. The number of allylic oxidation sites excluding steroid dienone is 2. The van der Waals surface area contributed by atoms with E-state index in [1.54, 1.807) is 11.3 Å². The van der Waals surface area contributed by atoms with Crippen LogP contribution in [0.3, 0.4) is 0 Å². The molecule has 0 spiro atoms. The standard InChI is InChI=1S/C34H32NOS.C15H28O2.Ir/c1-20(2)13-25-18-36-31-16-23(11-12-27(25)31)28-17-30(35-33-32(28)21(3)19-37-33)24-14-22-9-7-8-10-26(22)29(15-24)34(4,5)6;1-7-14(5,8-2)12(16)11-13(17)15(6,9-3)10-4;/h7-12,15-20H,13H2,1-6H3;11,16H,7-10H2,1-6H3;/q-1;;/b;12-11-;. The average Bonchev–Trinajstić information content (AvgIpc) is 3.74. The number of nitrogens with zero attached hydrogens (tertiary/aromatic N) is 1. The van der Waals surface area contributed by atoms with Crippen molar-refractivity contribution in [2.45, 2.75) is 121 Å². The Balaban J connectivity index is 0.000000320. The molecular formula is C49H60IrNO3S-. The minimum absolute atomic E-state index is 0. The van der Waals surface area contributed by atoms with E-state index in [2.05, 4.69) is 108 Å². The first-order valence-corrected chi connectivity index (χ1v) is 20.7. The minimum Gasteiger partial charge on any atom is -0.512 e. The molecule has 295 valence electrons. The number of hydrogen-bond acceptors (Lipinski definition) is 5. The second kappa shape index (κ2) is 17.7. The second-order valence-corrected chi connectivity index (χ2v) is 17.9. The molecule has 6 aromatic rings. The van der Waals surface area contributed by atoms with Crippen molar-refractivity contribution >= 4 is 49.1 Å². The first-order chi connectivity index (χ1) is 25.5. The zero-order valence-electron chi connectivity index (χ0n) is 35.0. The summed E-state index contributed by atoms with van der Waals surface area (Å²) in [6.07, 6.45) is 7.70. The summed E-state index contributed by atoms with van der Waals surface area (Å²) < 4.78 is 6.03. The summed E-state index contributed by atoms with van der Waals surface area (Å²) in [6, 6.07) is 23.4. The molecule has 0 unspecified atom stereocenters. The van der Waals surface area contributed by atoms with Gasteiger partial charge >= 0.3 is 0 Å². The minimum atomic E-state index is -0.337. The summed E-state index contributed by atoms with van der Waals surface area (Å²) >= 11 is 1.71. The Morgan fingerprint density at radius 2 is 1.56 bits per heavy atom. The number of aliphatic hydroxyl groups excluding tert-OH is 1. The number of pyridine rings is 1. The third-order valence-electron chi connectivity index (χ3n) is 11.8. The normalized spacial score (nSPS) is 12.6. The number of fused-ring (bicyclic) bond motifs is 3. The summed E-state index contributed by atoms with van der Waals surface area (Å²) in [4.78, 5) is 18.4. The fourth-order valence-corrected chi connectivity index (χ4v) is 8.02. The fraction of sp³-hybridized carbons (Fsp3) is 0.429. The number of aliphatic hydroxyl groups is 1. The van der Waals surface area contributed by atoms with E-state index < -0.39 is 0 Å². The van der Waals surface area contributed by atoms with Crippen LogP contribution in [0.4, 0.5) is 0 Å². The maximum absolute atomic E-state index is 12.2. The van der Waals surface area contributed by atoms with Crippen molar-refractivity contribution in [3.8, 4) is 22.4 Å². The maximum atomic E-state index is 12.2. The van der Waals surface area contributed by atoms with Crippen LogP contribution in [-0.4, -0.2) is 15.9 Å². The molecule has 1 N–H and O–H groups in total. The van der Waals surface area contributed by atoms with Gasteiger partial charge in [0, 0.05) is 53.5 Å². The summed E-state index contributed by atoms with van der Waals surface area (Å²) in [6.45, 7) is 25.6. The Bertz CT molecular complexity index is 2290. The molecule has 0 aliphatic carbocycles. The van der Waals surface area contributed by atoms with Gasteiger partial charge in [-0.05, 0) is 84.1 Å². The van der Waals surface area contributed by atoms with Gasteiger partial charge in [0.1, 0.15) is 16.2 Å². The molecule has 0 bridgehead atoms. The first-order valence-electron chi connectivity index (χ1n) is 19.8. The van der Waals surface area contributed by atoms with Crippen LogP contribution in [0.5, 0.6) is 0 Å². The Morgan fingerprint density at radius 3 is 2.18 bits per heavy atom. The predicted molar refractivity (Wildman–Crippen MR) is 232 cm³/mol. The van der Waals surface area contributed by atoms with Crippen LogP contribution in [-0.2, 0) is 36.7 Å². The number of ketones is 1. The molecule has 0 fully saturated rings. The molecule has 6 rings (SSSR count). The third kappa shape index (κ3) is 9.36. The number of carbonyl (C=O) groups excluding carboxylic acids is 1. The van der Waals surface area contributed by atoms with Gasteiger partial charge in [-0.15, -0.1) is 40.5 Å². The molecule has 3 aromatic heterocycles. The number of aromatic nitrogens is 1. The monoisotopic (exact) mass is 935 g/mol. The Labute approximate surface area is 347 Å². The van der Waals surface area contributed by atoms with Gasteiger partial charge < -0.3 is 9.52 Å². The number of thiophene rings is 1. The Kier molecular flexibility index (Phi) is 14.2. The van der Waals surface area contributed by atoms with Crippen LogP contribution >= 0.6 is 11.3 Å². The van der Waals surface area contributed by atoms with Crippen molar-refractivity contribution in [1.29, 1.82) is 0 Å². The number of furan rings is 1. The molecule has 0 atom stereocenters. The smallest absolute Gasteiger partial charge is 0.164 e. The molecule has 0 saturated heterocycles. The fourth-order valence-electron chi connectivity index (χ4n) is 7.08. The van der Waals surface area contributed by atoms with Crippen LogP contribution in [0.15, 0.2) is 82.5 Å². The van der Waals surface area contributed by atoms with E-state index in [-0.39, 0.29) is 47.9 Å². The third-order valence-corrected chi connectivity index (χ3v) is 12.8. The van der Waals surface area contributed by atoms with Gasteiger partial charge in [0.15, 0.2) is 5.78 Å². The van der Waals surface area contributed by atoms with E-state index in [9.17, 15) is 9.90 Å². The van der Waals surface area contributed by atoms with Gasteiger partial charge in [0.2, 0.25) is 0 Å². The molecule has 4 nitrogen and oxygen atoms in total. The molecule has 0 saturated carbocycles. The van der Waals surface area contributed by atoms with Gasteiger partial charge in [-0.1, -0.05) is 124 Å². The van der Waals surface area contributed by atoms with Gasteiger partial charge in [0.05, 0.1) is 6.26 Å². The predicted octanol–water partition coefficient (Wildman–Crippen LogP) is 14.8. The summed E-state index contributed by atoms with van der Waals surface area (Å²) in [5.41, 5.74) is 8.55. The molecule has 3 heterocycles. The van der Waals surface area contributed by atoms with Crippen molar-refractivity contribution in [3.05, 3.63) is 101 Å². The Morgan fingerprint density at radius 1 is 0.909 bits per heavy atom. The van der Waals surface area contributed by atoms with Crippen LogP contribution in [0.1, 0.15) is 119 Å². The molecule has 3 aromatic carbocycles. The van der Waals surface area contributed by atoms with E-state index in [0.29, 0.717) is 5.92 Å². The number of aryl methyl sites for hydroxylation is 1. The van der Waals surface area contributed by atoms with Crippen molar-refractivity contribution in [2.75, 3.05) is 0 Å². The summed E-state index contributed by atoms with van der Waals surface area (Å²) in [5, 5.41) is 17.2. The molecule has 0 amide bonds. The van der Waals surface area contributed by atoms with Crippen LogP contribution < -0.4 is 0 Å². The molecular weight excluding hydrogens is 875 g/mol. The number of carbonyl (C=O) groups is 1. The molecule has 0 aliphatic heterocycles.